The number of carbonyl (C=O) groups excluding carboxylic acids is 9. The third-order valence-electron chi connectivity index (χ3n) is 13.8. The quantitative estimate of drug-likeness (QED) is 0.0206. The van der Waals surface area contributed by atoms with Gasteiger partial charge in [-0.2, -0.15) is 0 Å². The Morgan fingerprint density at radius 3 is 2.14 bits per heavy atom. The number of anilines is 2. The number of hydrogen-bond donors (Lipinski definition) is 9. The van der Waals surface area contributed by atoms with Crippen LogP contribution in [0.4, 0.5) is 26.7 Å². The lowest BCUT2D eigenvalue weighted by Gasteiger charge is -2.25. The number of aromatic nitrogens is 1. The van der Waals surface area contributed by atoms with Crippen LogP contribution in [0.3, 0.4) is 0 Å². The summed E-state index contributed by atoms with van der Waals surface area (Å²) < 4.78 is 5.53. The highest BCUT2D eigenvalue weighted by atomic mass is 16.5. The molecule has 6 rings (SSSR count). The number of nitrogens with two attached hydrogens (primary N) is 1. The van der Waals surface area contributed by atoms with Gasteiger partial charge in [0, 0.05) is 92.7 Å². The molecule has 3 aromatic carbocycles. The molecule has 0 unspecified atom stereocenters. The molecule has 0 fully saturated rings. The Bertz CT molecular complexity index is 3160. The molecular formula is C62H76N12O12. The molecule has 0 radical (unpaired) electrons. The van der Waals surface area contributed by atoms with Crippen LogP contribution in [0.1, 0.15) is 118 Å². The number of alkyl carbamates (subject to hydrolysis) is 1. The molecule has 0 saturated carbocycles. The normalized spacial score (nSPS) is 13.6. The van der Waals surface area contributed by atoms with Gasteiger partial charge < -0.3 is 57.7 Å². The number of rotatable bonds is 31. The van der Waals surface area contributed by atoms with Gasteiger partial charge >= 0.3 is 12.2 Å². The lowest BCUT2D eigenvalue weighted by Crippen LogP contribution is -2.54. The number of hydrogen-bond acceptors (Lipinski definition) is 14. The Hall–Kier alpha value is -9.74. The third kappa shape index (κ3) is 20.6. The molecule has 2 aliphatic rings. The average molecular weight is 1180 g/mol. The highest BCUT2D eigenvalue weighted by Gasteiger charge is 2.30. The van der Waals surface area contributed by atoms with E-state index < -0.39 is 59.8 Å². The number of carbonyl (C=O) groups is 10. The molecule has 3 atom stereocenters. The molecule has 86 heavy (non-hydrogen) atoms. The second-order valence-electron chi connectivity index (χ2n) is 21.1. The van der Waals surface area contributed by atoms with Gasteiger partial charge in [0.1, 0.15) is 30.6 Å². The summed E-state index contributed by atoms with van der Waals surface area (Å²) in [5.74, 6) is -3.59. The first-order chi connectivity index (χ1) is 41.3. The van der Waals surface area contributed by atoms with Gasteiger partial charge in [-0.1, -0.05) is 82.6 Å². The summed E-state index contributed by atoms with van der Waals surface area (Å²) in [7, 11) is 0. The molecule has 0 aliphatic carbocycles. The Balaban J connectivity index is 1.01. The maximum absolute atomic E-state index is 13.8. The Kier molecular flexibility index (Phi) is 25.0. The fraction of sp³-hybridized carbons (Fsp3) is 0.387. The number of benzene rings is 3. The van der Waals surface area contributed by atoms with E-state index in [1.54, 1.807) is 80.6 Å². The molecule has 3 heterocycles. The van der Waals surface area contributed by atoms with Crippen molar-refractivity contribution in [3.05, 3.63) is 137 Å². The zero-order valence-electron chi connectivity index (χ0n) is 48.8. The van der Waals surface area contributed by atoms with Crippen molar-refractivity contribution >= 4 is 88.4 Å². The van der Waals surface area contributed by atoms with Crippen molar-refractivity contribution in [1.82, 2.24) is 41.4 Å². The fourth-order valence-corrected chi connectivity index (χ4v) is 9.40. The Labute approximate surface area is 499 Å². The van der Waals surface area contributed by atoms with Gasteiger partial charge in [-0.05, 0) is 97.5 Å². The second kappa shape index (κ2) is 32.9. The topological polar surface area (TPSA) is 342 Å². The van der Waals surface area contributed by atoms with Crippen molar-refractivity contribution in [2.24, 2.45) is 16.6 Å². The number of pyridine rings is 1. The third-order valence-corrected chi connectivity index (χ3v) is 13.8. The zero-order valence-corrected chi connectivity index (χ0v) is 48.8. The van der Waals surface area contributed by atoms with Crippen LogP contribution >= 0.6 is 0 Å². The number of nitrogens with zero attached hydrogens (tertiary/aromatic N) is 4. The Morgan fingerprint density at radius 1 is 0.733 bits per heavy atom. The van der Waals surface area contributed by atoms with E-state index in [-0.39, 0.29) is 93.4 Å². The zero-order chi connectivity index (χ0) is 62.1. The van der Waals surface area contributed by atoms with E-state index in [1.807, 2.05) is 36.9 Å². The molecule has 10 N–H and O–H groups in total. The van der Waals surface area contributed by atoms with Crippen molar-refractivity contribution in [2.45, 2.75) is 123 Å². The maximum Gasteiger partial charge on any atom is 0.408 e. The first kappa shape index (κ1) is 65.4. The van der Waals surface area contributed by atoms with Crippen LogP contribution in [0, 0.1) is 5.92 Å². The molecule has 0 bridgehead atoms. The lowest BCUT2D eigenvalue weighted by molar-refractivity contribution is -0.137. The van der Waals surface area contributed by atoms with E-state index in [0.717, 1.165) is 23.3 Å². The van der Waals surface area contributed by atoms with E-state index in [9.17, 15) is 47.9 Å². The lowest BCUT2D eigenvalue weighted by atomic mass is 10.0. The van der Waals surface area contributed by atoms with Gasteiger partial charge in [-0.3, -0.25) is 48.2 Å². The summed E-state index contributed by atoms with van der Waals surface area (Å²) in [4.78, 5) is 141. The number of fused-ring (bicyclic) bond motifs is 1. The summed E-state index contributed by atoms with van der Waals surface area (Å²) in [5, 5.41) is 27.9. The fourth-order valence-electron chi connectivity index (χ4n) is 9.40. The molecule has 456 valence electrons. The molecule has 24 heteroatoms. The van der Waals surface area contributed by atoms with Gasteiger partial charge in [0.25, 0.3) is 17.7 Å². The van der Waals surface area contributed by atoms with Gasteiger partial charge in [0.2, 0.25) is 29.5 Å². The van der Waals surface area contributed by atoms with Crippen LogP contribution in [0.15, 0.2) is 114 Å². The molecule has 4 aromatic rings. The van der Waals surface area contributed by atoms with Crippen molar-refractivity contribution in [2.75, 3.05) is 36.8 Å². The highest BCUT2D eigenvalue weighted by molar-refractivity contribution is 6.13. The molecule has 0 saturated heterocycles. The van der Waals surface area contributed by atoms with E-state index in [0.29, 0.717) is 71.7 Å². The number of carboxylic acid groups (broad SMARTS) is 1. The standard InChI is InChI=1S/C62H76N12O12/c1-5-27-73(28-6-2)60(82)45-32-43-20-21-44(33-49(43)69-51(63)34-45)56(78)68-47-30-42(35-64-37-47)36-66-57(79)50(31-40-14-9-7-10-15-40)71-62(85)86-38-41-18-22-46(23-19-41)67-58(80)48(16-13-26-65-61(83)84)70-59(81)55(39(3)4)72-52(75)17-11-8-12-29-74-53(76)24-25-54(74)77/h7,9-10,14-15,18-25,30,32-33,35,37,39,48,50,55,65H,5-6,8,11-13,16-17,26-29,31,34,36,38H2,1-4H3,(H2,63,69)(H,66,79)(H,67,80)(H,68,78)(H,70,81)(H,71,85)(H,72,75)(H,83,84)/t48-,50-,55-/m0/s1. The summed E-state index contributed by atoms with van der Waals surface area (Å²) in [5.41, 5.74) is 10.7. The van der Waals surface area contributed by atoms with E-state index in [1.165, 1.54) is 24.5 Å². The van der Waals surface area contributed by atoms with Crippen LogP contribution in [0.5, 0.6) is 0 Å². The minimum Gasteiger partial charge on any atom is -0.465 e. The van der Waals surface area contributed by atoms with Crippen LogP contribution in [-0.4, -0.2) is 129 Å². The number of aliphatic imine (C=N–C) groups is 1. The van der Waals surface area contributed by atoms with E-state index in [4.69, 9.17) is 15.6 Å². The minimum absolute atomic E-state index is 0.00139. The number of amides is 10. The van der Waals surface area contributed by atoms with E-state index >= 15 is 0 Å². The van der Waals surface area contributed by atoms with Gasteiger partial charge in [-0.25, -0.2) is 14.6 Å². The number of ether oxygens (including phenoxy) is 1. The first-order valence-corrected chi connectivity index (χ1v) is 28.8. The molecule has 0 spiro atoms. The number of unbranched alkanes of at least 4 members (excludes halogenated alkanes) is 2. The van der Waals surface area contributed by atoms with Crippen LogP contribution in [0.2, 0.25) is 0 Å². The predicted octanol–water partition coefficient (Wildman–Crippen LogP) is 6.01. The summed E-state index contributed by atoms with van der Waals surface area (Å²) in [6.45, 7) is 8.75. The smallest absolute Gasteiger partial charge is 0.408 e. The van der Waals surface area contributed by atoms with Crippen molar-refractivity contribution in [3.63, 3.8) is 0 Å². The maximum atomic E-state index is 13.8. The average Bonchev–Trinajstić information content (AvgIpc) is 3.16. The van der Waals surface area contributed by atoms with Crippen molar-refractivity contribution in [3.8, 4) is 0 Å². The summed E-state index contributed by atoms with van der Waals surface area (Å²) >= 11 is 0. The molecule has 10 amide bonds. The SMILES string of the molecule is CCCN(CCC)C(=O)C1=Cc2ccc(C(=O)Nc3cncc(CNC(=O)[C@H](Cc4ccccc4)NC(=O)OCc4ccc(NC(=O)[C@H](CCCNC(=O)O)NC(=O)[C@@H](NC(=O)CCCCCN5C(=O)C=CC5=O)C(C)C)cc4)c3)cc2N=C(N)C1. The largest absolute Gasteiger partial charge is 0.465 e. The van der Waals surface area contributed by atoms with Gasteiger partial charge in [0.05, 0.1) is 17.6 Å². The second-order valence-corrected chi connectivity index (χ2v) is 21.1. The highest BCUT2D eigenvalue weighted by Crippen LogP contribution is 2.29. The molecular weight excluding hydrogens is 1100 g/mol. The molecule has 24 nitrogen and oxygen atoms in total. The van der Waals surface area contributed by atoms with Crippen molar-refractivity contribution in [1.29, 1.82) is 0 Å². The first-order valence-electron chi connectivity index (χ1n) is 28.8. The number of amidine groups is 1. The Morgan fingerprint density at radius 2 is 1.45 bits per heavy atom. The predicted molar refractivity (Wildman–Crippen MR) is 322 cm³/mol. The molecule has 2 aliphatic heterocycles. The van der Waals surface area contributed by atoms with Gasteiger partial charge in [0.15, 0.2) is 0 Å². The van der Waals surface area contributed by atoms with Crippen LogP contribution in [0.25, 0.3) is 6.08 Å². The molecule has 1 aromatic heterocycles. The van der Waals surface area contributed by atoms with Crippen molar-refractivity contribution < 1.29 is 57.8 Å². The number of nitrogens with one attached hydrogen (secondary N) is 7. The van der Waals surface area contributed by atoms with E-state index in [2.05, 4.69) is 47.2 Å². The minimum atomic E-state index is -1.25. The summed E-state index contributed by atoms with van der Waals surface area (Å²) in [6.07, 6.45) is 8.77. The monoisotopic (exact) mass is 1180 g/mol. The summed E-state index contributed by atoms with van der Waals surface area (Å²) in [6, 6.07) is 18.8. The number of imide groups is 1. The van der Waals surface area contributed by atoms with Gasteiger partial charge in [-0.15, -0.1) is 0 Å². The van der Waals surface area contributed by atoms with Crippen LogP contribution < -0.4 is 43.0 Å². The van der Waals surface area contributed by atoms with Crippen LogP contribution in [-0.2, 0) is 57.9 Å².